The number of benzene rings is 2. The largest absolute Gasteiger partial charge is 0.342 e. The Morgan fingerprint density at radius 1 is 1.22 bits per heavy atom. The molecule has 1 saturated heterocycles. The highest BCUT2D eigenvalue weighted by Gasteiger charge is 2.29. The van der Waals surface area contributed by atoms with Gasteiger partial charge in [-0.3, -0.25) is 9.89 Å². The van der Waals surface area contributed by atoms with Crippen LogP contribution in [0.5, 0.6) is 0 Å². The second-order valence-electron chi connectivity index (χ2n) is 7.27. The summed E-state index contributed by atoms with van der Waals surface area (Å²) in [7, 11) is 0. The average molecular weight is 363 g/mol. The van der Waals surface area contributed by atoms with Crippen molar-refractivity contribution in [3.05, 3.63) is 59.7 Å². The van der Waals surface area contributed by atoms with E-state index in [2.05, 4.69) is 45.5 Å². The summed E-state index contributed by atoms with van der Waals surface area (Å²) in [5.41, 5.74) is 6.66. The Bertz CT molecular complexity index is 942. The van der Waals surface area contributed by atoms with Crippen LogP contribution in [0.1, 0.15) is 48.8 Å². The molecule has 1 unspecified atom stereocenters. The van der Waals surface area contributed by atoms with Crippen LogP contribution < -0.4 is 5.73 Å². The van der Waals surface area contributed by atoms with Gasteiger partial charge in [0.1, 0.15) is 5.82 Å². The predicted octanol–water partition coefficient (Wildman–Crippen LogP) is 2.93. The molecule has 1 aromatic heterocycles. The van der Waals surface area contributed by atoms with Crippen molar-refractivity contribution in [2.24, 2.45) is 5.73 Å². The van der Waals surface area contributed by atoms with Crippen LogP contribution in [0.15, 0.2) is 42.5 Å². The van der Waals surface area contributed by atoms with Crippen molar-refractivity contribution in [1.82, 2.24) is 20.1 Å². The van der Waals surface area contributed by atoms with Crippen LogP contribution >= 0.6 is 0 Å². The summed E-state index contributed by atoms with van der Waals surface area (Å²) in [5.74, 6) is 1.89. The molecule has 1 aliphatic rings. The smallest absolute Gasteiger partial charge is 0.229 e. The lowest BCUT2D eigenvalue weighted by atomic mass is 9.93. The number of amides is 1. The van der Waals surface area contributed by atoms with E-state index in [4.69, 9.17) is 5.73 Å². The van der Waals surface area contributed by atoms with Crippen LogP contribution in [0.4, 0.5) is 0 Å². The summed E-state index contributed by atoms with van der Waals surface area (Å²) < 4.78 is 0. The van der Waals surface area contributed by atoms with Crippen LogP contribution in [-0.2, 0) is 11.3 Å². The van der Waals surface area contributed by atoms with Gasteiger partial charge in [0.05, 0.1) is 12.5 Å². The standard InChI is InChI=1S/C21H25N5O/c1-14(17-7-6-15-4-2-3-5-18(15)12-17)21(27)26-10-8-16(9-11-26)20-23-19(13-22)24-25-20/h2-7,12,14,16H,8-11,13,22H2,1H3,(H,23,24,25). The number of piperidine rings is 1. The highest BCUT2D eigenvalue weighted by molar-refractivity contribution is 5.87. The molecule has 0 radical (unpaired) electrons. The maximum atomic E-state index is 13.0. The van der Waals surface area contributed by atoms with Gasteiger partial charge in [0.25, 0.3) is 0 Å². The number of fused-ring (bicyclic) bond motifs is 1. The third kappa shape index (κ3) is 3.57. The van der Waals surface area contributed by atoms with Gasteiger partial charge in [0.2, 0.25) is 5.91 Å². The van der Waals surface area contributed by atoms with Crippen molar-refractivity contribution in [2.45, 2.75) is 38.1 Å². The zero-order chi connectivity index (χ0) is 18.8. The molecule has 1 amide bonds. The first kappa shape index (κ1) is 17.7. The number of nitrogens with one attached hydrogen (secondary N) is 1. The van der Waals surface area contributed by atoms with E-state index >= 15 is 0 Å². The van der Waals surface area contributed by atoms with Gasteiger partial charge in [-0.05, 0) is 36.1 Å². The van der Waals surface area contributed by atoms with Gasteiger partial charge in [0.15, 0.2) is 5.82 Å². The number of likely N-dealkylation sites (tertiary alicyclic amines) is 1. The highest BCUT2D eigenvalue weighted by atomic mass is 16.2. The van der Waals surface area contributed by atoms with Crippen molar-refractivity contribution in [3.63, 3.8) is 0 Å². The molecule has 3 aromatic rings. The molecule has 6 nitrogen and oxygen atoms in total. The Labute approximate surface area is 158 Å². The molecule has 4 rings (SSSR count). The lowest BCUT2D eigenvalue weighted by molar-refractivity contribution is -0.133. The average Bonchev–Trinajstić information content (AvgIpc) is 3.22. The number of carbonyl (C=O) groups excluding carboxylic acids is 1. The fraction of sp³-hybridized carbons (Fsp3) is 0.381. The minimum absolute atomic E-state index is 0.140. The Balaban J connectivity index is 1.42. The van der Waals surface area contributed by atoms with Crippen LogP contribution in [0.2, 0.25) is 0 Å². The molecule has 2 heterocycles. The lowest BCUT2D eigenvalue weighted by Crippen LogP contribution is -2.40. The zero-order valence-corrected chi connectivity index (χ0v) is 15.6. The SMILES string of the molecule is CC(C(=O)N1CCC(c2n[nH]c(CN)n2)CC1)c1ccc2ccccc2c1. The van der Waals surface area contributed by atoms with Gasteiger partial charge in [-0.2, -0.15) is 5.10 Å². The van der Waals surface area contributed by atoms with E-state index in [0.29, 0.717) is 18.3 Å². The van der Waals surface area contributed by atoms with E-state index in [1.54, 1.807) is 0 Å². The van der Waals surface area contributed by atoms with Crippen molar-refractivity contribution >= 4 is 16.7 Å². The van der Waals surface area contributed by atoms with Crippen LogP contribution in [-0.4, -0.2) is 39.1 Å². The van der Waals surface area contributed by atoms with Gasteiger partial charge in [-0.25, -0.2) is 4.98 Å². The summed E-state index contributed by atoms with van der Waals surface area (Å²) in [6.07, 6.45) is 1.77. The summed E-state index contributed by atoms with van der Waals surface area (Å²) in [4.78, 5) is 19.4. The number of aromatic amines is 1. The number of aromatic nitrogens is 3. The minimum atomic E-state index is -0.140. The lowest BCUT2D eigenvalue weighted by Gasteiger charge is -2.32. The molecule has 0 saturated carbocycles. The molecule has 0 spiro atoms. The molecule has 1 fully saturated rings. The van der Waals surface area contributed by atoms with Gasteiger partial charge in [-0.15, -0.1) is 0 Å². The number of hydrogen-bond donors (Lipinski definition) is 2. The maximum Gasteiger partial charge on any atom is 0.229 e. The molecule has 1 atom stereocenters. The van der Waals surface area contributed by atoms with Gasteiger partial charge < -0.3 is 10.6 Å². The topological polar surface area (TPSA) is 87.9 Å². The fourth-order valence-corrected chi connectivity index (χ4v) is 3.84. The second-order valence-corrected chi connectivity index (χ2v) is 7.27. The van der Waals surface area contributed by atoms with Crippen LogP contribution in [0, 0.1) is 0 Å². The van der Waals surface area contributed by atoms with Crippen molar-refractivity contribution in [3.8, 4) is 0 Å². The first-order valence-corrected chi connectivity index (χ1v) is 9.54. The molecular weight excluding hydrogens is 338 g/mol. The van der Waals surface area contributed by atoms with E-state index in [9.17, 15) is 4.79 Å². The van der Waals surface area contributed by atoms with Crippen molar-refractivity contribution < 1.29 is 4.79 Å². The van der Waals surface area contributed by atoms with Crippen LogP contribution in [0.25, 0.3) is 10.8 Å². The van der Waals surface area contributed by atoms with Crippen molar-refractivity contribution in [2.75, 3.05) is 13.1 Å². The number of carbonyl (C=O) groups is 1. The van der Waals surface area contributed by atoms with Gasteiger partial charge >= 0.3 is 0 Å². The predicted molar refractivity (Wildman–Crippen MR) is 105 cm³/mol. The summed E-state index contributed by atoms with van der Waals surface area (Å²) in [6, 6.07) is 14.5. The molecule has 0 bridgehead atoms. The summed E-state index contributed by atoms with van der Waals surface area (Å²) in [6.45, 7) is 3.86. The molecular formula is C21H25N5O. The third-order valence-electron chi connectivity index (χ3n) is 5.56. The number of hydrogen-bond acceptors (Lipinski definition) is 4. The van der Waals surface area contributed by atoms with E-state index < -0.39 is 0 Å². The minimum Gasteiger partial charge on any atom is -0.342 e. The Hall–Kier alpha value is -2.73. The molecule has 140 valence electrons. The third-order valence-corrected chi connectivity index (χ3v) is 5.56. The van der Waals surface area contributed by atoms with E-state index in [1.807, 2.05) is 24.0 Å². The number of H-pyrrole nitrogens is 1. The Morgan fingerprint density at radius 3 is 2.67 bits per heavy atom. The van der Waals surface area contributed by atoms with Gasteiger partial charge in [-0.1, -0.05) is 42.5 Å². The maximum absolute atomic E-state index is 13.0. The van der Waals surface area contributed by atoms with E-state index in [1.165, 1.54) is 10.8 Å². The number of rotatable bonds is 4. The molecule has 1 aliphatic heterocycles. The first-order chi connectivity index (χ1) is 13.2. The number of nitrogens with two attached hydrogens (primary N) is 1. The van der Waals surface area contributed by atoms with Crippen LogP contribution in [0.3, 0.4) is 0 Å². The Morgan fingerprint density at radius 2 is 1.96 bits per heavy atom. The molecule has 6 heteroatoms. The summed E-state index contributed by atoms with van der Waals surface area (Å²) >= 11 is 0. The zero-order valence-electron chi connectivity index (χ0n) is 15.6. The molecule has 2 aromatic carbocycles. The second kappa shape index (κ2) is 7.48. The first-order valence-electron chi connectivity index (χ1n) is 9.54. The highest BCUT2D eigenvalue weighted by Crippen LogP contribution is 2.29. The van der Waals surface area contributed by atoms with E-state index in [0.717, 1.165) is 37.3 Å². The molecule has 0 aliphatic carbocycles. The monoisotopic (exact) mass is 363 g/mol. The quantitative estimate of drug-likeness (QED) is 0.746. The van der Waals surface area contributed by atoms with E-state index in [-0.39, 0.29) is 11.8 Å². The van der Waals surface area contributed by atoms with Gasteiger partial charge in [0, 0.05) is 19.0 Å². The fourth-order valence-electron chi connectivity index (χ4n) is 3.84. The molecule has 27 heavy (non-hydrogen) atoms. The number of nitrogens with zero attached hydrogens (tertiary/aromatic N) is 3. The summed E-state index contributed by atoms with van der Waals surface area (Å²) in [5, 5.41) is 9.52. The Kier molecular flexibility index (Phi) is 4.90. The van der Waals surface area contributed by atoms with Crippen molar-refractivity contribution in [1.29, 1.82) is 0 Å². The normalized spacial score (nSPS) is 16.6. The molecule has 3 N–H and O–H groups in total.